The van der Waals surface area contributed by atoms with Crippen LogP contribution in [0.25, 0.3) is 0 Å². The molecule has 0 amide bonds. The van der Waals surface area contributed by atoms with E-state index in [1.54, 1.807) is 0 Å². The summed E-state index contributed by atoms with van der Waals surface area (Å²) in [6.07, 6.45) is 3.10. The number of hydrogen-bond donors (Lipinski definition) is 2. The zero-order valence-corrected chi connectivity index (χ0v) is 13.0. The number of nitrogens with one attached hydrogen (secondary N) is 2. The van der Waals surface area contributed by atoms with E-state index in [-0.39, 0.29) is 5.82 Å². The molecule has 1 aliphatic rings. The Morgan fingerprint density at radius 2 is 1.91 bits per heavy atom. The first kappa shape index (κ1) is 15.0. The Morgan fingerprint density at radius 1 is 1.14 bits per heavy atom. The molecular formula is C19H23FN2. The molecule has 0 spiro atoms. The number of halogens is 1. The first-order valence-corrected chi connectivity index (χ1v) is 8.04. The molecule has 1 atom stereocenters. The maximum atomic E-state index is 12.9. The molecule has 22 heavy (non-hydrogen) atoms. The first-order valence-electron chi connectivity index (χ1n) is 8.04. The van der Waals surface area contributed by atoms with Crippen molar-refractivity contribution in [2.45, 2.75) is 32.2 Å². The molecule has 2 N–H and O–H groups in total. The highest BCUT2D eigenvalue weighted by Gasteiger charge is 2.11. The Labute approximate surface area is 131 Å². The third kappa shape index (κ3) is 3.86. The fourth-order valence-electron chi connectivity index (χ4n) is 3.02. The molecule has 2 aromatic carbocycles. The summed E-state index contributed by atoms with van der Waals surface area (Å²) in [5.74, 6) is -0.170. The molecule has 3 heteroatoms. The molecule has 116 valence electrons. The van der Waals surface area contributed by atoms with Crippen LogP contribution in [0.5, 0.6) is 0 Å². The summed E-state index contributed by atoms with van der Waals surface area (Å²) in [5, 5.41) is 6.95. The van der Waals surface area contributed by atoms with E-state index in [0.717, 1.165) is 32.4 Å². The molecule has 2 aromatic rings. The lowest BCUT2D eigenvalue weighted by Crippen LogP contribution is -2.30. The third-order valence-electron chi connectivity index (χ3n) is 4.24. The minimum absolute atomic E-state index is 0.170. The van der Waals surface area contributed by atoms with Gasteiger partial charge in [0.2, 0.25) is 0 Å². The van der Waals surface area contributed by atoms with Gasteiger partial charge in [-0.05, 0) is 67.6 Å². The number of benzene rings is 2. The van der Waals surface area contributed by atoms with Crippen molar-refractivity contribution in [3.8, 4) is 0 Å². The fourth-order valence-corrected chi connectivity index (χ4v) is 3.02. The molecule has 0 saturated carbocycles. The second-order valence-electron chi connectivity index (χ2n) is 6.10. The Kier molecular flexibility index (Phi) is 4.74. The highest BCUT2D eigenvalue weighted by Crippen LogP contribution is 2.23. The molecule has 0 bridgehead atoms. The van der Waals surface area contributed by atoms with Crippen molar-refractivity contribution >= 4 is 5.69 Å². The maximum Gasteiger partial charge on any atom is 0.123 e. The van der Waals surface area contributed by atoms with Crippen molar-refractivity contribution in [3.63, 3.8) is 0 Å². The van der Waals surface area contributed by atoms with Crippen LogP contribution in [0.15, 0.2) is 42.5 Å². The summed E-state index contributed by atoms with van der Waals surface area (Å²) < 4.78 is 12.9. The van der Waals surface area contributed by atoms with E-state index in [1.165, 1.54) is 34.5 Å². The Balaban J connectivity index is 1.46. The van der Waals surface area contributed by atoms with Gasteiger partial charge < -0.3 is 10.6 Å². The molecule has 2 nitrogen and oxygen atoms in total. The highest BCUT2D eigenvalue weighted by molar-refractivity contribution is 5.56. The standard InChI is InChI=1S/C19H23FN2/c1-14(21-10-8-15-2-5-18(20)6-3-15)12-16-4-7-19-17(13-16)9-11-22-19/h2-7,13-14,21-22H,8-12H2,1H3. The van der Waals surface area contributed by atoms with Gasteiger partial charge in [0.15, 0.2) is 0 Å². The molecule has 3 rings (SSSR count). The maximum absolute atomic E-state index is 12.9. The van der Waals surface area contributed by atoms with Crippen molar-refractivity contribution in [3.05, 3.63) is 65.0 Å². The first-order chi connectivity index (χ1) is 10.7. The van der Waals surface area contributed by atoms with Gasteiger partial charge in [0, 0.05) is 18.3 Å². The molecule has 0 radical (unpaired) electrons. The molecule has 0 fully saturated rings. The second kappa shape index (κ2) is 6.93. The van der Waals surface area contributed by atoms with Crippen molar-refractivity contribution in [1.82, 2.24) is 5.32 Å². The van der Waals surface area contributed by atoms with Crippen LogP contribution in [0.4, 0.5) is 10.1 Å². The number of rotatable bonds is 6. The normalized spacial score (nSPS) is 14.5. The summed E-state index contributed by atoms with van der Waals surface area (Å²) in [6.45, 7) is 4.19. The number of fused-ring (bicyclic) bond motifs is 1. The number of anilines is 1. The molecule has 1 unspecified atom stereocenters. The summed E-state index contributed by atoms with van der Waals surface area (Å²) in [5.41, 5.74) is 5.30. The van der Waals surface area contributed by atoms with Crippen LogP contribution in [0, 0.1) is 5.82 Å². The lowest BCUT2D eigenvalue weighted by molar-refractivity contribution is 0.548. The largest absolute Gasteiger partial charge is 0.384 e. The molecule has 0 aliphatic carbocycles. The average molecular weight is 298 g/mol. The van der Waals surface area contributed by atoms with Gasteiger partial charge >= 0.3 is 0 Å². The molecule has 0 aromatic heterocycles. The van der Waals surface area contributed by atoms with Gasteiger partial charge in [0.1, 0.15) is 5.82 Å². The van der Waals surface area contributed by atoms with Gasteiger partial charge in [-0.3, -0.25) is 0 Å². The quantitative estimate of drug-likeness (QED) is 0.852. The Morgan fingerprint density at radius 3 is 2.73 bits per heavy atom. The van der Waals surface area contributed by atoms with Crippen LogP contribution < -0.4 is 10.6 Å². The van der Waals surface area contributed by atoms with Crippen molar-refractivity contribution in [2.75, 3.05) is 18.4 Å². The van der Waals surface area contributed by atoms with Crippen LogP contribution in [0.1, 0.15) is 23.6 Å². The zero-order valence-electron chi connectivity index (χ0n) is 13.0. The Bertz CT molecular complexity index is 622. The third-order valence-corrected chi connectivity index (χ3v) is 4.24. The van der Waals surface area contributed by atoms with Crippen LogP contribution in [0.3, 0.4) is 0 Å². The smallest absolute Gasteiger partial charge is 0.123 e. The summed E-state index contributed by atoms with van der Waals surface area (Å²) >= 11 is 0. The van der Waals surface area contributed by atoms with E-state index in [1.807, 2.05) is 12.1 Å². The van der Waals surface area contributed by atoms with Crippen LogP contribution >= 0.6 is 0 Å². The number of hydrogen-bond acceptors (Lipinski definition) is 2. The monoisotopic (exact) mass is 298 g/mol. The van der Waals surface area contributed by atoms with E-state index in [4.69, 9.17) is 0 Å². The van der Waals surface area contributed by atoms with E-state index < -0.39 is 0 Å². The minimum Gasteiger partial charge on any atom is -0.384 e. The summed E-state index contributed by atoms with van der Waals surface area (Å²) in [7, 11) is 0. The Hall–Kier alpha value is -1.87. The summed E-state index contributed by atoms with van der Waals surface area (Å²) in [6, 6.07) is 13.9. The average Bonchev–Trinajstić information content (AvgIpc) is 2.97. The van der Waals surface area contributed by atoms with Gasteiger partial charge in [-0.1, -0.05) is 24.3 Å². The minimum atomic E-state index is -0.170. The van der Waals surface area contributed by atoms with Gasteiger partial charge in [-0.2, -0.15) is 0 Å². The van der Waals surface area contributed by atoms with Crippen LogP contribution in [0.2, 0.25) is 0 Å². The van der Waals surface area contributed by atoms with Gasteiger partial charge in [-0.25, -0.2) is 4.39 Å². The van der Waals surface area contributed by atoms with Gasteiger partial charge in [0.05, 0.1) is 0 Å². The van der Waals surface area contributed by atoms with Crippen molar-refractivity contribution < 1.29 is 4.39 Å². The predicted octanol–water partition coefficient (Wildman–Crippen LogP) is 3.56. The van der Waals surface area contributed by atoms with E-state index in [0.29, 0.717) is 6.04 Å². The molecule has 0 saturated heterocycles. The van der Waals surface area contributed by atoms with Gasteiger partial charge in [-0.15, -0.1) is 0 Å². The molecular weight excluding hydrogens is 275 g/mol. The van der Waals surface area contributed by atoms with Crippen LogP contribution in [-0.4, -0.2) is 19.1 Å². The lowest BCUT2D eigenvalue weighted by atomic mass is 10.0. The topological polar surface area (TPSA) is 24.1 Å². The molecule has 1 aliphatic heterocycles. The zero-order chi connectivity index (χ0) is 15.4. The van der Waals surface area contributed by atoms with Crippen molar-refractivity contribution in [1.29, 1.82) is 0 Å². The lowest BCUT2D eigenvalue weighted by Gasteiger charge is -2.14. The SMILES string of the molecule is CC(Cc1ccc2c(c1)CCN2)NCCc1ccc(F)cc1. The highest BCUT2D eigenvalue weighted by atomic mass is 19.1. The summed E-state index contributed by atoms with van der Waals surface area (Å²) in [4.78, 5) is 0. The van der Waals surface area contributed by atoms with E-state index >= 15 is 0 Å². The van der Waals surface area contributed by atoms with E-state index in [9.17, 15) is 4.39 Å². The van der Waals surface area contributed by atoms with Crippen molar-refractivity contribution in [2.24, 2.45) is 0 Å². The predicted molar refractivity (Wildman–Crippen MR) is 89.9 cm³/mol. The second-order valence-corrected chi connectivity index (χ2v) is 6.10. The fraction of sp³-hybridized carbons (Fsp3) is 0.368. The van der Waals surface area contributed by atoms with Crippen LogP contribution in [-0.2, 0) is 19.3 Å². The van der Waals surface area contributed by atoms with Gasteiger partial charge in [0.25, 0.3) is 0 Å². The molecule has 1 heterocycles. The van der Waals surface area contributed by atoms with E-state index in [2.05, 4.69) is 35.8 Å².